The summed E-state index contributed by atoms with van der Waals surface area (Å²) in [4.78, 5) is 0. The van der Waals surface area contributed by atoms with Gasteiger partial charge in [0.2, 0.25) is 0 Å². The number of rotatable bonds is 2. The van der Waals surface area contributed by atoms with Crippen LogP contribution in [0, 0.1) is 6.07 Å². The Bertz CT molecular complexity index is 464. The molecule has 2 aromatic rings. The van der Waals surface area contributed by atoms with E-state index < -0.39 is 0 Å². The highest BCUT2D eigenvalue weighted by molar-refractivity contribution is 5.75. The second-order valence-corrected chi connectivity index (χ2v) is 3.14. The van der Waals surface area contributed by atoms with E-state index in [0.29, 0.717) is 5.75 Å². The van der Waals surface area contributed by atoms with Gasteiger partial charge in [-0.3, -0.25) is 0 Å². The fraction of sp³-hybridized carbons (Fsp3) is 0.0769. The van der Waals surface area contributed by atoms with E-state index in [0.717, 1.165) is 11.1 Å². The summed E-state index contributed by atoms with van der Waals surface area (Å²) in [6.45, 7) is 0. The normalized spacial score (nSPS) is 9.93. The van der Waals surface area contributed by atoms with Gasteiger partial charge in [-0.25, -0.2) is 0 Å². The van der Waals surface area contributed by atoms with Crippen LogP contribution in [0.15, 0.2) is 42.5 Å². The molecule has 0 saturated carbocycles. The molecule has 0 amide bonds. The molecule has 1 radical (unpaired) electrons. The van der Waals surface area contributed by atoms with Gasteiger partial charge in [0.25, 0.3) is 0 Å². The van der Waals surface area contributed by atoms with E-state index in [1.165, 1.54) is 0 Å². The van der Waals surface area contributed by atoms with Crippen LogP contribution in [0.25, 0.3) is 11.1 Å². The van der Waals surface area contributed by atoms with Gasteiger partial charge in [-0.15, -0.1) is 0 Å². The summed E-state index contributed by atoms with van der Waals surface area (Å²) < 4.78 is 5.21. The Balaban J connectivity index is 2.59. The first-order valence-electron chi connectivity index (χ1n) is 4.65. The molecule has 2 aromatic carbocycles. The van der Waals surface area contributed by atoms with E-state index in [1.807, 2.05) is 18.2 Å². The molecule has 0 heterocycles. The highest BCUT2D eigenvalue weighted by Crippen LogP contribution is 2.34. The number of hydrogen-bond acceptors (Lipinski definition) is 2. The number of para-hydroxylation sites is 1. The fourth-order valence-electron chi connectivity index (χ4n) is 1.51. The molecule has 0 aliphatic heterocycles. The van der Waals surface area contributed by atoms with Crippen LogP contribution in [0.3, 0.4) is 0 Å². The van der Waals surface area contributed by atoms with Gasteiger partial charge < -0.3 is 9.84 Å². The molecule has 0 aliphatic rings. The summed E-state index contributed by atoms with van der Waals surface area (Å²) in [6, 6.07) is 15.5. The van der Waals surface area contributed by atoms with E-state index >= 15 is 0 Å². The smallest absolute Gasteiger partial charge is 0.127 e. The van der Waals surface area contributed by atoms with Crippen molar-refractivity contribution in [1.29, 1.82) is 0 Å². The fourth-order valence-corrected chi connectivity index (χ4v) is 1.51. The average molecular weight is 199 g/mol. The highest BCUT2D eigenvalue weighted by Gasteiger charge is 2.07. The first-order chi connectivity index (χ1) is 7.33. The van der Waals surface area contributed by atoms with Crippen molar-refractivity contribution in [3.05, 3.63) is 48.5 Å². The van der Waals surface area contributed by atoms with Gasteiger partial charge in [0, 0.05) is 11.1 Å². The minimum absolute atomic E-state index is 0.252. The second-order valence-electron chi connectivity index (χ2n) is 3.14. The molecule has 0 fully saturated rings. The van der Waals surface area contributed by atoms with Crippen molar-refractivity contribution in [2.45, 2.75) is 0 Å². The van der Waals surface area contributed by atoms with Crippen molar-refractivity contribution >= 4 is 0 Å². The molecule has 1 N–H and O–H groups in total. The predicted molar refractivity (Wildman–Crippen MR) is 58.9 cm³/mol. The molecule has 2 nitrogen and oxygen atoms in total. The Morgan fingerprint density at radius 1 is 1.13 bits per heavy atom. The van der Waals surface area contributed by atoms with Crippen LogP contribution in [0.1, 0.15) is 0 Å². The minimum atomic E-state index is 0.252. The largest absolute Gasteiger partial charge is 0.507 e. The van der Waals surface area contributed by atoms with Gasteiger partial charge in [0.15, 0.2) is 0 Å². The van der Waals surface area contributed by atoms with Crippen molar-refractivity contribution < 1.29 is 9.84 Å². The molecule has 0 saturated heterocycles. The molecule has 0 bridgehead atoms. The van der Waals surface area contributed by atoms with Crippen molar-refractivity contribution in [2.75, 3.05) is 7.11 Å². The third-order valence-corrected chi connectivity index (χ3v) is 2.24. The monoisotopic (exact) mass is 199 g/mol. The molecule has 0 unspecified atom stereocenters. The van der Waals surface area contributed by atoms with Gasteiger partial charge >= 0.3 is 0 Å². The molecule has 75 valence electrons. The van der Waals surface area contributed by atoms with Gasteiger partial charge in [0.05, 0.1) is 7.11 Å². The van der Waals surface area contributed by atoms with E-state index in [2.05, 4.69) is 6.07 Å². The number of phenolic OH excluding ortho intramolecular Hbond substituents is 1. The van der Waals surface area contributed by atoms with E-state index in [4.69, 9.17) is 4.74 Å². The topological polar surface area (TPSA) is 29.5 Å². The third kappa shape index (κ3) is 1.79. The summed E-state index contributed by atoms with van der Waals surface area (Å²) in [5, 5.41) is 9.72. The number of ether oxygens (including phenoxy) is 1. The van der Waals surface area contributed by atoms with Gasteiger partial charge in [-0.05, 0) is 24.3 Å². The van der Waals surface area contributed by atoms with E-state index in [-0.39, 0.29) is 5.75 Å². The lowest BCUT2D eigenvalue weighted by Gasteiger charge is -2.09. The summed E-state index contributed by atoms with van der Waals surface area (Å²) in [5.41, 5.74) is 1.64. The summed E-state index contributed by atoms with van der Waals surface area (Å²) in [5.74, 6) is 0.959. The molecule has 0 spiro atoms. The lowest BCUT2D eigenvalue weighted by molar-refractivity contribution is 0.415. The van der Waals surface area contributed by atoms with Crippen LogP contribution in [0.4, 0.5) is 0 Å². The highest BCUT2D eigenvalue weighted by atomic mass is 16.5. The number of aromatic hydroxyl groups is 1. The standard InChI is InChI=1S/C13H11O2/c1-15-13-9-5-3-7-11(13)10-6-2-4-8-12(10)14/h2-4,6-9,14H,1H3. The Hall–Kier alpha value is -1.96. The number of benzene rings is 2. The molecule has 2 heteroatoms. The van der Waals surface area contributed by atoms with Crippen LogP contribution >= 0.6 is 0 Å². The molecule has 0 atom stereocenters. The number of phenols is 1. The zero-order valence-electron chi connectivity index (χ0n) is 8.40. The summed E-state index contributed by atoms with van der Waals surface area (Å²) >= 11 is 0. The third-order valence-electron chi connectivity index (χ3n) is 2.24. The molecular formula is C13H11O2. The van der Waals surface area contributed by atoms with Crippen LogP contribution < -0.4 is 4.74 Å². The van der Waals surface area contributed by atoms with Crippen molar-refractivity contribution in [1.82, 2.24) is 0 Å². The molecule has 15 heavy (non-hydrogen) atoms. The maximum Gasteiger partial charge on any atom is 0.127 e. The zero-order valence-corrected chi connectivity index (χ0v) is 8.40. The van der Waals surface area contributed by atoms with Crippen LogP contribution in [-0.2, 0) is 0 Å². The average Bonchev–Trinajstić information content (AvgIpc) is 2.30. The minimum Gasteiger partial charge on any atom is -0.507 e. The number of methoxy groups -OCH3 is 1. The SMILES string of the molecule is COc1c[c]ccc1-c1ccccc1O. The predicted octanol–water partition coefficient (Wildman–Crippen LogP) is 2.87. The zero-order chi connectivity index (χ0) is 10.7. The van der Waals surface area contributed by atoms with Crippen molar-refractivity contribution in [2.24, 2.45) is 0 Å². The summed E-state index contributed by atoms with van der Waals surface area (Å²) in [6.07, 6.45) is 0. The first-order valence-corrected chi connectivity index (χ1v) is 4.65. The summed E-state index contributed by atoms with van der Waals surface area (Å²) in [7, 11) is 1.60. The Labute approximate surface area is 88.8 Å². The van der Waals surface area contributed by atoms with Gasteiger partial charge in [-0.1, -0.05) is 24.3 Å². The Morgan fingerprint density at radius 3 is 2.67 bits per heavy atom. The first kappa shape index (κ1) is 9.59. The van der Waals surface area contributed by atoms with Gasteiger partial charge in [0.1, 0.15) is 11.5 Å². The molecule has 2 rings (SSSR count). The molecular weight excluding hydrogens is 188 g/mol. The Morgan fingerprint density at radius 2 is 1.93 bits per heavy atom. The lowest BCUT2D eigenvalue weighted by Crippen LogP contribution is -1.87. The maximum atomic E-state index is 9.72. The van der Waals surface area contributed by atoms with Crippen LogP contribution in [0.5, 0.6) is 11.5 Å². The van der Waals surface area contributed by atoms with Gasteiger partial charge in [-0.2, -0.15) is 0 Å². The van der Waals surface area contributed by atoms with Crippen LogP contribution in [-0.4, -0.2) is 12.2 Å². The molecule has 0 aliphatic carbocycles. The maximum absolute atomic E-state index is 9.72. The van der Waals surface area contributed by atoms with Crippen molar-refractivity contribution in [3.63, 3.8) is 0 Å². The van der Waals surface area contributed by atoms with E-state index in [9.17, 15) is 5.11 Å². The van der Waals surface area contributed by atoms with Crippen molar-refractivity contribution in [3.8, 4) is 22.6 Å². The number of hydrogen-bond donors (Lipinski definition) is 1. The van der Waals surface area contributed by atoms with E-state index in [1.54, 1.807) is 31.4 Å². The van der Waals surface area contributed by atoms with Crippen LogP contribution in [0.2, 0.25) is 0 Å². The Kier molecular flexibility index (Phi) is 2.59. The quantitative estimate of drug-likeness (QED) is 0.805. The lowest BCUT2D eigenvalue weighted by atomic mass is 10.0. The second kappa shape index (κ2) is 4.05. The molecule has 0 aromatic heterocycles.